The summed E-state index contributed by atoms with van der Waals surface area (Å²) in [7, 11) is 1.54. The van der Waals surface area contributed by atoms with Crippen molar-refractivity contribution in [2.75, 3.05) is 31.6 Å². The van der Waals surface area contributed by atoms with Gasteiger partial charge < -0.3 is 30.3 Å². The fourth-order valence-electron chi connectivity index (χ4n) is 5.16. The van der Waals surface area contributed by atoms with Gasteiger partial charge in [-0.1, -0.05) is 24.3 Å². The number of ether oxygens (including phenoxy) is 2. The van der Waals surface area contributed by atoms with Crippen LogP contribution in [0.2, 0.25) is 0 Å². The molecule has 0 aliphatic carbocycles. The van der Waals surface area contributed by atoms with E-state index < -0.39 is 6.04 Å². The average Bonchev–Trinajstić information content (AvgIpc) is 3.07. The van der Waals surface area contributed by atoms with Crippen LogP contribution in [0.3, 0.4) is 0 Å². The van der Waals surface area contributed by atoms with Gasteiger partial charge in [-0.05, 0) is 53.6 Å². The first-order valence-corrected chi connectivity index (χ1v) is 14.3. The zero-order valence-corrected chi connectivity index (χ0v) is 24.0. The van der Waals surface area contributed by atoms with E-state index in [1.165, 1.54) is 13.2 Å². The highest BCUT2D eigenvalue weighted by Crippen LogP contribution is 2.26. The Hall–Kier alpha value is -5.52. The fraction of sp³-hybridized carbons (Fsp3) is 0.250. The van der Waals surface area contributed by atoms with Crippen molar-refractivity contribution in [3.63, 3.8) is 0 Å². The molecule has 3 amide bonds. The van der Waals surface area contributed by atoms with E-state index in [1.807, 2.05) is 47.4 Å². The Balaban J connectivity index is 1.30. The number of aromatic nitrogens is 3. The van der Waals surface area contributed by atoms with Gasteiger partial charge in [-0.3, -0.25) is 19.4 Å². The summed E-state index contributed by atoms with van der Waals surface area (Å²) in [5.74, 6) is 0.908. The molecule has 0 unspecified atom stereocenters. The second-order valence-corrected chi connectivity index (χ2v) is 10.5. The smallest absolute Gasteiger partial charge is 0.271 e. The van der Waals surface area contributed by atoms with Crippen LogP contribution < -0.4 is 30.3 Å². The van der Waals surface area contributed by atoms with Gasteiger partial charge in [-0.2, -0.15) is 0 Å². The van der Waals surface area contributed by atoms with E-state index in [9.17, 15) is 14.4 Å². The Morgan fingerprint density at radius 3 is 2.59 bits per heavy atom. The first-order chi connectivity index (χ1) is 21.4. The fourth-order valence-corrected chi connectivity index (χ4v) is 5.16. The molecular weight excluding hydrogens is 562 g/mol. The van der Waals surface area contributed by atoms with Gasteiger partial charge in [-0.15, -0.1) is 10.2 Å². The minimum atomic E-state index is -0.415. The van der Waals surface area contributed by atoms with E-state index in [0.717, 1.165) is 16.7 Å². The van der Waals surface area contributed by atoms with E-state index >= 15 is 0 Å². The molecule has 224 valence electrons. The predicted octanol–water partition coefficient (Wildman–Crippen LogP) is 2.36. The highest BCUT2D eigenvalue weighted by molar-refractivity contribution is 5.95. The molecule has 1 fully saturated rings. The molecule has 6 bridgehead atoms. The van der Waals surface area contributed by atoms with Crippen LogP contribution in [0, 0.1) is 0 Å². The van der Waals surface area contributed by atoms with Gasteiger partial charge in [0.05, 0.1) is 11.6 Å². The van der Waals surface area contributed by atoms with Crippen LogP contribution in [0.4, 0.5) is 5.82 Å². The number of pyridine rings is 1. The lowest BCUT2D eigenvalue weighted by Crippen LogP contribution is -2.57. The van der Waals surface area contributed by atoms with Crippen molar-refractivity contribution < 1.29 is 23.9 Å². The number of anilines is 1. The van der Waals surface area contributed by atoms with Gasteiger partial charge in [-0.25, -0.2) is 0 Å². The number of hydrogen-bond acceptors (Lipinski definition) is 9. The summed E-state index contributed by atoms with van der Waals surface area (Å²) in [5.41, 5.74) is 3.04. The molecule has 0 saturated carbocycles. The van der Waals surface area contributed by atoms with Gasteiger partial charge in [0.2, 0.25) is 0 Å². The lowest BCUT2D eigenvalue weighted by atomic mass is 10.0. The van der Waals surface area contributed by atoms with Crippen LogP contribution in [0.1, 0.15) is 32.8 Å². The monoisotopic (exact) mass is 593 g/mol. The van der Waals surface area contributed by atoms with Gasteiger partial charge in [0, 0.05) is 51.1 Å². The van der Waals surface area contributed by atoms with Crippen molar-refractivity contribution in [3.8, 4) is 22.6 Å². The second-order valence-electron chi connectivity index (χ2n) is 10.5. The molecule has 2 aromatic heterocycles. The van der Waals surface area contributed by atoms with Crippen molar-refractivity contribution in [2.24, 2.45) is 0 Å². The van der Waals surface area contributed by atoms with E-state index in [1.54, 1.807) is 30.5 Å². The van der Waals surface area contributed by atoms with Crippen molar-refractivity contribution in [1.82, 2.24) is 31.1 Å². The molecule has 44 heavy (non-hydrogen) atoms. The van der Waals surface area contributed by atoms with Crippen molar-refractivity contribution in [2.45, 2.75) is 25.1 Å². The van der Waals surface area contributed by atoms with Crippen LogP contribution >= 0.6 is 0 Å². The van der Waals surface area contributed by atoms with Gasteiger partial charge in [0.25, 0.3) is 17.7 Å². The predicted molar refractivity (Wildman–Crippen MR) is 161 cm³/mol. The first-order valence-electron chi connectivity index (χ1n) is 14.3. The third-order valence-corrected chi connectivity index (χ3v) is 7.54. The molecule has 5 heterocycles. The Labute approximate surface area is 253 Å². The molecule has 7 rings (SSSR count). The normalized spacial score (nSPS) is 18.5. The van der Waals surface area contributed by atoms with E-state index in [4.69, 9.17) is 9.47 Å². The second kappa shape index (κ2) is 12.8. The molecule has 1 saturated heterocycles. The number of rotatable bonds is 2. The molecule has 3 N–H and O–H groups in total. The third kappa shape index (κ3) is 6.59. The Bertz CT molecular complexity index is 1660. The minimum absolute atomic E-state index is 0.130. The number of hydrogen-bond donors (Lipinski definition) is 3. The first kappa shape index (κ1) is 28.6. The lowest BCUT2D eigenvalue weighted by Gasteiger charge is -2.39. The molecule has 4 aromatic rings. The third-order valence-electron chi connectivity index (χ3n) is 7.54. The molecule has 2 aromatic carbocycles. The highest BCUT2D eigenvalue weighted by Gasteiger charge is 2.33. The molecule has 0 radical (unpaired) electrons. The summed E-state index contributed by atoms with van der Waals surface area (Å²) >= 11 is 0. The number of nitrogens with one attached hydrogen (secondary N) is 3. The minimum Gasteiger partial charge on any atom is -0.488 e. The number of fused-ring (bicyclic) bond motifs is 7. The lowest BCUT2D eigenvalue weighted by molar-refractivity contribution is -0.123. The van der Waals surface area contributed by atoms with Crippen LogP contribution in [-0.4, -0.2) is 71.8 Å². The van der Waals surface area contributed by atoms with Crippen molar-refractivity contribution >= 4 is 23.5 Å². The molecule has 0 spiro atoms. The Kier molecular flexibility index (Phi) is 8.30. The maximum absolute atomic E-state index is 13.6. The molecule has 12 nitrogen and oxygen atoms in total. The Morgan fingerprint density at radius 1 is 0.955 bits per heavy atom. The Morgan fingerprint density at radius 2 is 1.80 bits per heavy atom. The largest absolute Gasteiger partial charge is 0.488 e. The SMILES string of the molecule is CNC(=O)c1ccc(N2CC[C@@H]3Oc4ccc(cc4)CNC(=O)COc4cccc(c4)-c4cncc(c4)C(=O)N[C@@H]3C2)nn1. The number of carbonyl (C=O) groups excluding carboxylic acids is 3. The quantitative estimate of drug-likeness (QED) is 0.319. The van der Waals surface area contributed by atoms with Crippen LogP contribution in [0.5, 0.6) is 11.5 Å². The molecular formula is C32H31N7O5. The van der Waals surface area contributed by atoms with Gasteiger partial charge in [0.1, 0.15) is 17.6 Å². The summed E-state index contributed by atoms with van der Waals surface area (Å²) < 4.78 is 12.1. The highest BCUT2D eigenvalue weighted by atomic mass is 16.5. The van der Waals surface area contributed by atoms with Crippen LogP contribution in [-0.2, 0) is 11.3 Å². The number of benzene rings is 2. The van der Waals surface area contributed by atoms with Crippen LogP contribution in [0.25, 0.3) is 11.1 Å². The van der Waals surface area contributed by atoms with Crippen molar-refractivity contribution in [3.05, 3.63) is 95.9 Å². The molecule has 12 heteroatoms. The standard InChI is InChI=1S/C32H31N7O5/c1-33-32(42)26-9-10-29(38-37-26)39-12-11-28-27(18-39)36-31(41)23-13-22(16-34-17-23)21-3-2-4-25(14-21)43-19-30(40)35-15-20-5-7-24(44-28)8-6-20/h2-10,13-14,16-17,27-28H,11-12,15,18-19H2,1H3,(H,33,42)(H,35,40)(H,36,41)/t27-,28+/m1/s1. The molecule has 3 aliphatic heterocycles. The van der Waals surface area contributed by atoms with Crippen molar-refractivity contribution in [1.29, 1.82) is 0 Å². The summed E-state index contributed by atoms with van der Waals surface area (Å²) in [4.78, 5) is 44.3. The number of nitrogens with zero attached hydrogens (tertiary/aromatic N) is 4. The summed E-state index contributed by atoms with van der Waals surface area (Å²) in [6, 6.07) is 19.5. The number of carbonyl (C=O) groups is 3. The van der Waals surface area contributed by atoms with E-state index in [0.29, 0.717) is 48.9 Å². The van der Waals surface area contributed by atoms with Gasteiger partial charge >= 0.3 is 0 Å². The van der Waals surface area contributed by atoms with E-state index in [-0.39, 0.29) is 36.1 Å². The molecule has 2 atom stereocenters. The summed E-state index contributed by atoms with van der Waals surface area (Å²) in [5, 5.41) is 16.9. The summed E-state index contributed by atoms with van der Waals surface area (Å²) in [6.45, 7) is 1.22. The zero-order chi connectivity index (χ0) is 30.5. The number of amides is 3. The average molecular weight is 594 g/mol. The van der Waals surface area contributed by atoms with E-state index in [2.05, 4.69) is 31.1 Å². The van der Waals surface area contributed by atoms with Crippen LogP contribution in [0.15, 0.2) is 79.1 Å². The summed E-state index contributed by atoms with van der Waals surface area (Å²) in [6.07, 6.45) is 3.45. The maximum atomic E-state index is 13.6. The molecule has 3 aliphatic rings. The maximum Gasteiger partial charge on any atom is 0.271 e. The number of piperidine rings is 1. The zero-order valence-electron chi connectivity index (χ0n) is 24.0. The topological polar surface area (TPSA) is 148 Å². The van der Waals surface area contributed by atoms with Gasteiger partial charge in [0.15, 0.2) is 18.1 Å².